The van der Waals surface area contributed by atoms with E-state index in [0.717, 1.165) is 18.2 Å². The average Bonchev–Trinajstić information content (AvgIpc) is 2.88. The highest BCUT2D eigenvalue weighted by atomic mass is 19.1. The monoisotopic (exact) mass is 293 g/mol. The summed E-state index contributed by atoms with van der Waals surface area (Å²) in [6.07, 6.45) is 0. The molecule has 0 aliphatic carbocycles. The Bertz CT molecular complexity index is 698. The van der Waals surface area contributed by atoms with E-state index < -0.39 is 22.3 Å². The van der Waals surface area contributed by atoms with Crippen molar-refractivity contribution in [2.75, 3.05) is 5.32 Å². The van der Waals surface area contributed by atoms with Crippen LogP contribution in [0.25, 0.3) is 0 Å². The fraction of sp³-hybridized carbons (Fsp3) is 0.250. The van der Waals surface area contributed by atoms with Crippen molar-refractivity contribution >= 4 is 17.3 Å². The number of amides is 1. The van der Waals surface area contributed by atoms with Gasteiger partial charge in [0.15, 0.2) is 0 Å². The predicted octanol–water partition coefficient (Wildman–Crippen LogP) is 2.23. The molecular formula is C12H12FN5O3. The van der Waals surface area contributed by atoms with Gasteiger partial charge in [-0.2, -0.15) is 0 Å². The Labute approximate surface area is 118 Å². The third kappa shape index (κ3) is 3.19. The molecule has 0 atom stereocenters. The number of benzene rings is 1. The summed E-state index contributed by atoms with van der Waals surface area (Å²) in [7, 11) is 0. The third-order valence-corrected chi connectivity index (χ3v) is 2.66. The van der Waals surface area contributed by atoms with Crippen LogP contribution in [0.3, 0.4) is 0 Å². The number of nitro groups is 1. The molecule has 2 rings (SSSR count). The summed E-state index contributed by atoms with van der Waals surface area (Å²) in [5.41, 5.74) is -0.662. The smallest absolute Gasteiger partial charge is 0.295 e. The van der Waals surface area contributed by atoms with Crippen molar-refractivity contribution in [3.05, 3.63) is 45.8 Å². The van der Waals surface area contributed by atoms with Gasteiger partial charge in [-0.15, -0.1) is 5.10 Å². The Kier molecular flexibility index (Phi) is 3.92. The molecule has 110 valence electrons. The lowest BCUT2D eigenvalue weighted by Gasteiger charge is -2.03. The predicted molar refractivity (Wildman–Crippen MR) is 71.5 cm³/mol. The van der Waals surface area contributed by atoms with Gasteiger partial charge in [0.2, 0.25) is 5.82 Å². The van der Waals surface area contributed by atoms with Crippen LogP contribution in [0.1, 0.15) is 36.2 Å². The summed E-state index contributed by atoms with van der Waals surface area (Å²) in [5.74, 6) is -1.07. The summed E-state index contributed by atoms with van der Waals surface area (Å²) >= 11 is 0. The average molecular weight is 293 g/mol. The van der Waals surface area contributed by atoms with Crippen molar-refractivity contribution in [3.63, 3.8) is 0 Å². The number of carbonyl (C=O) groups excluding carboxylic acids is 1. The Morgan fingerprint density at radius 1 is 1.48 bits per heavy atom. The third-order valence-electron chi connectivity index (χ3n) is 2.66. The van der Waals surface area contributed by atoms with Gasteiger partial charge < -0.3 is 5.32 Å². The standard InChI is InChI=1S/C12H12FN5O3/c1-6(2)10-15-11(17-16-10)12(19)14-8-5-7(13)3-4-9(8)18(20)21/h3-6H,1-2H3,(H,14,19)(H,15,16,17). The maximum absolute atomic E-state index is 13.2. The molecule has 0 unspecified atom stereocenters. The number of carbonyl (C=O) groups is 1. The number of nitrogens with one attached hydrogen (secondary N) is 2. The van der Waals surface area contributed by atoms with Crippen molar-refractivity contribution in [2.24, 2.45) is 0 Å². The summed E-state index contributed by atoms with van der Waals surface area (Å²) in [6, 6.07) is 2.78. The van der Waals surface area contributed by atoms with E-state index in [0.29, 0.717) is 5.82 Å². The van der Waals surface area contributed by atoms with Gasteiger partial charge in [0.05, 0.1) is 4.92 Å². The minimum atomic E-state index is -0.758. The maximum atomic E-state index is 13.2. The Balaban J connectivity index is 2.26. The van der Waals surface area contributed by atoms with Crippen LogP contribution in [0.2, 0.25) is 0 Å². The fourth-order valence-electron chi connectivity index (χ4n) is 1.58. The molecule has 0 fully saturated rings. The lowest BCUT2D eigenvalue weighted by atomic mass is 10.2. The minimum Gasteiger partial charge on any atom is -0.313 e. The first-order valence-corrected chi connectivity index (χ1v) is 6.06. The highest BCUT2D eigenvalue weighted by molar-refractivity contribution is 6.02. The van der Waals surface area contributed by atoms with E-state index in [2.05, 4.69) is 20.5 Å². The number of anilines is 1. The van der Waals surface area contributed by atoms with Crippen LogP contribution in [0.15, 0.2) is 18.2 Å². The van der Waals surface area contributed by atoms with Crippen molar-refractivity contribution in [2.45, 2.75) is 19.8 Å². The molecule has 1 amide bonds. The van der Waals surface area contributed by atoms with Gasteiger partial charge in [0, 0.05) is 18.1 Å². The molecule has 0 aliphatic heterocycles. The van der Waals surface area contributed by atoms with E-state index >= 15 is 0 Å². The van der Waals surface area contributed by atoms with Gasteiger partial charge in [0.25, 0.3) is 11.6 Å². The maximum Gasteiger partial charge on any atom is 0.295 e. The van der Waals surface area contributed by atoms with Crippen LogP contribution in [-0.2, 0) is 0 Å². The van der Waals surface area contributed by atoms with E-state index in [4.69, 9.17) is 0 Å². The highest BCUT2D eigenvalue weighted by Crippen LogP contribution is 2.25. The van der Waals surface area contributed by atoms with Gasteiger partial charge >= 0.3 is 0 Å². The molecule has 0 saturated carbocycles. The molecular weight excluding hydrogens is 281 g/mol. The molecule has 1 heterocycles. The number of aromatic nitrogens is 3. The molecule has 0 saturated heterocycles. The molecule has 2 aromatic rings. The van der Waals surface area contributed by atoms with Crippen molar-refractivity contribution in [3.8, 4) is 0 Å². The van der Waals surface area contributed by atoms with Crippen LogP contribution in [0.5, 0.6) is 0 Å². The molecule has 0 aliphatic rings. The Morgan fingerprint density at radius 3 is 2.76 bits per heavy atom. The summed E-state index contributed by atoms with van der Waals surface area (Å²) in [4.78, 5) is 26.0. The number of rotatable bonds is 4. The number of nitrogens with zero attached hydrogens (tertiary/aromatic N) is 3. The topological polar surface area (TPSA) is 114 Å². The van der Waals surface area contributed by atoms with Gasteiger partial charge in [-0.3, -0.25) is 20.0 Å². The van der Waals surface area contributed by atoms with Gasteiger partial charge in [0.1, 0.15) is 17.3 Å². The SMILES string of the molecule is CC(C)c1nc(C(=O)Nc2cc(F)ccc2[N+](=O)[O-])n[nH]1. The first-order chi connectivity index (χ1) is 9.88. The molecule has 8 nitrogen and oxygen atoms in total. The van der Waals surface area contributed by atoms with E-state index in [1.165, 1.54) is 0 Å². The zero-order chi connectivity index (χ0) is 15.6. The Hall–Kier alpha value is -2.84. The number of nitro benzene ring substituents is 1. The van der Waals surface area contributed by atoms with E-state index in [1.54, 1.807) is 0 Å². The van der Waals surface area contributed by atoms with Crippen molar-refractivity contribution < 1.29 is 14.1 Å². The number of H-pyrrole nitrogens is 1. The van der Waals surface area contributed by atoms with E-state index in [-0.39, 0.29) is 17.4 Å². The van der Waals surface area contributed by atoms with Crippen molar-refractivity contribution in [1.29, 1.82) is 0 Å². The first-order valence-electron chi connectivity index (χ1n) is 6.06. The molecule has 9 heteroatoms. The van der Waals surface area contributed by atoms with Crippen LogP contribution in [0, 0.1) is 15.9 Å². The van der Waals surface area contributed by atoms with Gasteiger partial charge in [-0.1, -0.05) is 13.8 Å². The molecule has 1 aromatic carbocycles. The molecule has 21 heavy (non-hydrogen) atoms. The number of hydrogen-bond donors (Lipinski definition) is 2. The van der Waals surface area contributed by atoms with Crippen LogP contribution in [-0.4, -0.2) is 26.0 Å². The first kappa shape index (κ1) is 14.6. The largest absolute Gasteiger partial charge is 0.313 e. The second-order valence-corrected chi connectivity index (χ2v) is 4.57. The lowest BCUT2D eigenvalue weighted by molar-refractivity contribution is -0.384. The Morgan fingerprint density at radius 2 is 2.19 bits per heavy atom. The van der Waals surface area contributed by atoms with Crippen LogP contribution in [0.4, 0.5) is 15.8 Å². The summed E-state index contributed by atoms with van der Waals surface area (Å²) < 4.78 is 13.2. The summed E-state index contributed by atoms with van der Waals surface area (Å²) in [5, 5.41) is 19.4. The number of halogens is 1. The van der Waals surface area contributed by atoms with Crippen LogP contribution < -0.4 is 5.32 Å². The van der Waals surface area contributed by atoms with Gasteiger partial charge in [-0.25, -0.2) is 9.37 Å². The second kappa shape index (κ2) is 5.65. The summed E-state index contributed by atoms with van der Waals surface area (Å²) in [6.45, 7) is 3.72. The van der Waals surface area contributed by atoms with Gasteiger partial charge in [-0.05, 0) is 6.07 Å². The minimum absolute atomic E-state index is 0.0440. The number of hydrogen-bond acceptors (Lipinski definition) is 5. The molecule has 2 N–H and O–H groups in total. The lowest BCUT2D eigenvalue weighted by Crippen LogP contribution is -2.15. The van der Waals surface area contributed by atoms with E-state index in [1.807, 2.05) is 13.8 Å². The zero-order valence-corrected chi connectivity index (χ0v) is 11.3. The molecule has 1 aromatic heterocycles. The molecule has 0 bridgehead atoms. The van der Waals surface area contributed by atoms with E-state index in [9.17, 15) is 19.3 Å². The number of aromatic amines is 1. The second-order valence-electron chi connectivity index (χ2n) is 4.57. The normalized spacial score (nSPS) is 10.7. The molecule has 0 radical (unpaired) electrons. The molecule has 0 spiro atoms. The quantitative estimate of drug-likeness (QED) is 0.662. The zero-order valence-electron chi connectivity index (χ0n) is 11.3. The van der Waals surface area contributed by atoms with Crippen LogP contribution >= 0.6 is 0 Å². The fourth-order valence-corrected chi connectivity index (χ4v) is 1.58. The van der Waals surface area contributed by atoms with Crippen molar-refractivity contribution in [1.82, 2.24) is 15.2 Å². The highest BCUT2D eigenvalue weighted by Gasteiger charge is 2.20.